The molecule has 2 aromatic carbocycles. The van der Waals surface area contributed by atoms with Crippen LogP contribution >= 0.6 is 0 Å². The monoisotopic (exact) mass is 470 g/mol. The summed E-state index contributed by atoms with van der Waals surface area (Å²) < 4.78 is 10.7. The molecule has 0 radical (unpaired) electrons. The fraction of sp³-hybridized carbons (Fsp3) is 0.500. The number of aryl methyl sites for hydroxylation is 2. The lowest BCUT2D eigenvalue weighted by molar-refractivity contribution is 0.0265. The third-order valence-corrected chi connectivity index (χ3v) is 5.78. The minimum Gasteiger partial charge on any atom is -0.507 e. The van der Waals surface area contributed by atoms with Crippen molar-refractivity contribution in [3.63, 3.8) is 0 Å². The van der Waals surface area contributed by atoms with E-state index in [1.807, 2.05) is 55.4 Å². The van der Waals surface area contributed by atoms with Crippen LogP contribution in [-0.4, -0.2) is 35.4 Å². The summed E-state index contributed by atoms with van der Waals surface area (Å²) >= 11 is 0. The maximum absolute atomic E-state index is 12.6. The number of aromatic hydroxyl groups is 2. The minimum atomic E-state index is -0.538. The topological polar surface area (TPSA) is 93.1 Å². The molecule has 0 atom stereocenters. The Morgan fingerprint density at radius 2 is 1.00 bits per heavy atom. The molecule has 34 heavy (non-hydrogen) atoms. The Balaban J connectivity index is 2.08. The number of carbonyl (C=O) groups excluding carboxylic acids is 2. The van der Waals surface area contributed by atoms with Crippen LogP contribution in [0.15, 0.2) is 24.3 Å². The van der Waals surface area contributed by atoms with Gasteiger partial charge >= 0.3 is 11.9 Å². The fourth-order valence-corrected chi connectivity index (χ4v) is 3.74. The zero-order chi connectivity index (χ0) is 25.8. The van der Waals surface area contributed by atoms with E-state index >= 15 is 0 Å². The summed E-state index contributed by atoms with van der Waals surface area (Å²) in [4.78, 5) is 25.2. The van der Waals surface area contributed by atoms with E-state index < -0.39 is 11.9 Å². The lowest BCUT2D eigenvalue weighted by Crippen LogP contribution is -2.18. The number of carbonyl (C=O) groups is 2. The first-order chi connectivity index (χ1) is 15.7. The van der Waals surface area contributed by atoms with Gasteiger partial charge in [0.25, 0.3) is 0 Å². The second-order valence-electron chi connectivity index (χ2n) is 10.5. The fourth-order valence-electron chi connectivity index (χ4n) is 3.74. The Hall–Kier alpha value is -3.02. The molecule has 0 saturated heterocycles. The third kappa shape index (κ3) is 6.31. The maximum atomic E-state index is 12.6. The van der Waals surface area contributed by atoms with Crippen LogP contribution in [0.4, 0.5) is 0 Å². The Kier molecular flexibility index (Phi) is 8.40. The molecule has 186 valence electrons. The molecule has 2 aromatic rings. The molecule has 0 aromatic heterocycles. The van der Waals surface area contributed by atoms with Crippen molar-refractivity contribution in [3.8, 4) is 11.5 Å². The summed E-state index contributed by atoms with van der Waals surface area (Å²) in [6.45, 7) is 15.4. The van der Waals surface area contributed by atoms with E-state index in [0.29, 0.717) is 46.2 Å². The van der Waals surface area contributed by atoms with Crippen molar-refractivity contribution < 1.29 is 29.3 Å². The molecule has 0 fully saturated rings. The molecule has 6 heteroatoms. The lowest BCUT2D eigenvalue weighted by atomic mass is 9.83. The largest absolute Gasteiger partial charge is 0.507 e. The van der Waals surface area contributed by atoms with E-state index in [9.17, 15) is 19.8 Å². The number of hydrogen-bond donors (Lipinski definition) is 2. The molecule has 2 N–H and O–H groups in total. The predicted octanol–water partition coefficient (Wildman–Crippen LogP) is 5.83. The summed E-state index contributed by atoms with van der Waals surface area (Å²) in [6.07, 6.45) is 1.16. The van der Waals surface area contributed by atoms with Gasteiger partial charge in [0.1, 0.15) is 24.7 Å². The quantitative estimate of drug-likeness (QED) is 0.391. The van der Waals surface area contributed by atoms with Gasteiger partial charge in [0.15, 0.2) is 0 Å². The Labute approximate surface area is 202 Å². The highest BCUT2D eigenvalue weighted by atomic mass is 16.6. The van der Waals surface area contributed by atoms with Crippen LogP contribution in [0.25, 0.3) is 0 Å². The van der Waals surface area contributed by atoms with Crippen LogP contribution in [0.1, 0.15) is 98.4 Å². The summed E-state index contributed by atoms with van der Waals surface area (Å²) in [5.74, 6) is -0.667. The molecule has 0 aliphatic rings. The number of ether oxygens (including phenoxy) is 2. The van der Waals surface area contributed by atoms with Crippen molar-refractivity contribution in [3.05, 3.63) is 57.6 Å². The molecule has 2 rings (SSSR count). The summed E-state index contributed by atoms with van der Waals surface area (Å²) in [5, 5.41) is 21.0. The van der Waals surface area contributed by atoms with Crippen molar-refractivity contribution in [2.24, 2.45) is 0 Å². The maximum Gasteiger partial charge on any atom is 0.338 e. The zero-order valence-corrected chi connectivity index (χ0v) is 21.7. The highest BCUT2D eigenvalue weighted by Gasteiger charge is 2.24. The van der Waals surface area contributed by atoms with Crippen LogP contribution in [0.5, 0.6) is 11.5 Å². The van der Waals surface area contributed by atoms with E-state index in [4.69, 9.17) is 9.47 Å². The lowest BCUT2D eigenvalue weighted by Gasteiger charge is -2.23. The van der Waals surface area contributed by atoms with Gasteiger partial charge in [-0.15, -0.1) is 0 Å². The molecule has 0 amide bonds. The number of phenols is 2. The van der Waals surface area contributed by atoms with Crippen LogP contribution in [-0.2, 0) is 33.1 Å². The van der Waals surface area contributed by atoms with Gasteiger partial charge in [0.2, 0.25) is 0 Å². The highest BCUT2D eigenvalue weighted by molar-refractivity contribution is 5.91. The number of benzene rings is 2. The van der Waals surface area contributed by atoms with Crippen molar-refractivity contribution >= 4 is 11.9 Å². The van der Waals surface area contributed by atoms with Crippen molar-refractivity contribution in [1.82, 2.24) is 0 Å². The molecule has 0 saturated carbocycles. The van der Waals surface area contributed by atoms with Gasteiger partial charge in [-0.3, -0.25) is 0 Å². The normalized spacial score (nSPS) is 11.9. The summed E-state index contributed by atoms with van der Waals surface area (Å²) in [5.41, 5.74) is 2.75. The number of rotatable bonds is 7. The van der Waals surface area contributed by atoms with Gasteiger partial charge in [0.05, 0.1) is 11.1 Å². The smallest absolute Gasteiger partial charge is 0.338 e. The van der Waals surface area contributed by atoms with E-state index in [1.54, 1.807) is 24.3 Å². The standard InChI is InChI=1S/C28H38O6/c1-9-17-13-19(15-21(23(17)29)27(3,4)5)25(31)33-11-12-34-26(32)20-14-18(10-2)24(30)22(16-20)28(6,7)8/h13-16,29-30H,9-12H2,1-8H3. The molecule has 0 spiro atoms. The Morgan fingerprint density at radius 3 is 1.26 bits per heavy atom. The van der Waals surface area contributed by atoms with Crippen LogP contribution in [0, 0.1) is 0 Å². The van der Waals surface area contributed by atoms with E-state index in [-0.39, 0.29) is 35.5 Å². The van der Waals surface area contributed by atoms with Gasteiger partial charge in [0, 0.05) is 11.1 Å². The second kappa shape index (κ2) is 10.5. The molecule has 0 aliphatic carbocycles. The zero-order valence-electron chi connectivity index (χ0n) is 21.7. The van der Waals surface area contributed by atoms with Crippen molar-refractivity contribution in [1.29, 1.82) is 0 Å². The van der Waals surface area contributed by atoms with E-state index in [2.05, 4.69) is 0 Å². The van der Waals surface area contributed by atoms with Gasteiger partial charge in [-0.1, -0.05) is 55.4 Å². The van der Waals surface area contributed by atoms with E-state index in [1.165, 1.54) is 0 Å². The molecular formula is C28H38O6. The SMILES string of the molecule is CCc1cc(C(=O)OCCOC(=O)c2cc(CC)c(O)c(C(C)(C)C)c2)cc(C(C)(C)C)c1O. The van der Waals surface area contributed by atoms with Crippen LogP contribution in [0.2, 0.25) is 0 Å². The molecule has 0 heterocycles. The molecular weight excluding hydrogens is 432 g/mol. The molecule has 0 unspecified atom stereocenters. The Morgan fingerprint density at radius 1 is 0.676 bits per heavy atom. The number of phenolic OH excluding ortho intramolecular Hbond substituents is 2. The minimum absolute atomic E-state index is 0.0946. The Bertz CT molecular complexity index is 969. The molecule has 0 bridgehead atoms. The molecule has 0 aliphatic heterocycles. The second-order valence-corrected chi connectivity index (χ2v) is 10.5. The average molecular weight is 471 g/mol. The third-order valence-electron chi connectivity index (χ3n) is 5.78. The van der Waals surface area contributed by atoms with Gasteiger partial charge in [-0.05, 0) is 59.1 Å². The van der Waals surface area contributed by atoms with Crippen LogP contribution < -0.4 is 0 Å². The van der Waals surface area contributed by atoms with Gasteiger partial charge in [-0.2, -0.15) is 0 Å². The van der Waals surface area contributed by atoms with Crippen LogP contribution in [0.3, 0.4) is 0 Å². The number of esters is 2. The van der Waals surface area contributed by atoms with E-state index in [0.717, 1.165) is 0 Å². The number of hydrogen-bond acceptors (Lipinski definition) is 6. The first-order valence-electron chi connectivity index (χ1n) is 11.8. The summed E-state index contributed by atoms with van der Waals surface area (Å²) in [7, 11) is 0. The van der Waals surface area contributed by atoms with Crippen molar-refractivity contribution in [2.45, 2.75) is 79.1 Å². The molecule has 6 nitrogen and oxygen atoms in total. The van der Waals surface area contributed by atoms with Gasteiger partial charge in [-0.25, -0.2) is 9.59 Å². The summed E-state index contributed by atoms with van der Waals surface area (Å²) in [6, 6.07) is 6.57. The van der Waals surface area contributed by atoms with Gasteiger partial charge < -0.3 is 19.7 Å². The highest BCUT2D eigenvalue weighted by Crippen LogP contribution is 2.36. The average Bonchev–Trinajstić information content (AvgIpc) is 2.74. The first-order valence-corrected chi connectivity index (χ1v) is 11.8. The predicted molar refractivity (Wildman–Crippen MR) is 133 cm³/mol. The van der Waals surface area contributed by atoms with Crippen molar-refractivity contribution in [2.75, 3.05) is 13.2 Å². The first kappa shape index (κ1) is 27.2.